The maximum absolute atomic E-state index is 12.5. The average Bonchev–Trinajstić information content (AvgIpc) is 2.76. The van der Waals surface area contributed by atoms with Crippen LogP contribution in [0.5, 0.6) is 0 Å². The summed E-state index contributed by atoms with van der Waals surface area (Å²) in [5, 5.41) is 2.73. The van der Waals surface area contributed by atoms with Gasteiger partial charge in [-0.1, -0.05) is 24.3 Å². The van der Waals surface area contributed by atoms with Crippen LogP contribution in [0.15, 0.2) is 53.4 Å². The molecule has 0 atom stereocenters. The fraction of sp³-hybridized carbons (Fsp3) is 0.286. The summed E-state index contributed by atoms with van der Waals surface area (Å²) in [6, 6.07) is 13.6. The van der Waals surface area contributed by atoms with Crippen LogP contribution in [0.1, 0.15) is 26.3 Å². The minimum absolute atomic E-state index is 0.0663. The van der Waals surface area contributed by atoms with Gasteiger partial charge in [0.1, 0.15) is 6.61 Å². The number of nitrogens with one attached hydrogen (secondary N) is 1. The molecule has 2 rings (SSSR count). The molecule has 154 valence electrons. The average molecular weight is 417 g/mol. The molecule has 0 fully saturated rings. The SMILES string of the molecule is COCCNC(=O)CSc1ccccc1C(=O)OCc1ccc(C(=O)OC)cc1. The number of hydrogen-bond donors (Lipinski definition) is 1. The summed E-state index contributed by atoms with van der Waals surface area (Å²) in [5.74, 6) is -0.861. The van der Waals surface area contributed by atoms with Gasteiger partial charge in [0.05, 0.1) is 30.6 Å². The lowest BCUT2D eigenvalue weighted by atomic mass is 10.1. The van der Waals surface area contributed by atoms with E-state index >= 15 is 0 Å². The van der Waals surface area contributed by atoms with Crippen molar-refractivity contribution >= 4 is 29.6 Å². The monoisotopic (exact) mass is 417 g/mol. The molecule has 0 aromatic heterocycles. The van der Waals surface area contributed by atoms with E-state index in [2.05, 4.69) is 10.1 Å². The van der Waals surface area contributed by atoms with E-state index in [1.165, 1.54) is 18.9 Å². The number of esters is 2. The number of amides is 1. The van der Waals surface area contributed by atoms with Gasteiger partial charge in [-0.05, 0) is 29.8 Å². The Bertz CT molecular complexity index is 837. The Kier molecular flexibility index (Phi) is 9.20. The van der Waals surface area contributed by atoms with Crippen molar-refractivity contribution in [3.63, 3.8) is 0 Å². The zero-order chi connectivity index (χ0) is 21.1. The molecule has 0 aliphatic carbocycles. The van der Waals surface area contributed by atoms with Gasteiger partial charge in [-0.15, -0.1) is 11.8 Å². The Morgan fingerprint density at radius 1 is 0.966 bits per heavy atom. The molecule has 2 aromatic carbocycles. The molecule has 0 radical (unpaired) electrons. The smallest absolute Gasteiger partial charge is 0.339 e. The van der Waals surface area contributed by atoms with E-state index in [0.29, 0.717) is 29.2 Å². The van der Waals surface area contributed by atoms with Crippen LogP contribution >= 0.6 is 11.8 Å². The van der Waals surface area contributed by atoms with Gasteiger partial charge in [0.2, 0.25) is 5.91 Å². The quantitative estimate of drug-likeness (QED) is 0.361. The molecule has 0 saturated heterocycles. The van der Waals surface area contributed by atoms with Crippen LogP contribution < -0.4 is 5.32 Å². The molecule has 0 saturated carbocycles. The van der Waals surface area contributed by atoms with Crippen molar-refractivity contribution in [2.45, 2.75) is 11.5 Å². The highest BCUT2D eigenvalue weighted by Crippen LogP contribution is 2.23. The second kappa shape index (κ2) is 11.9. The first-order valence-electron chi connectivity index (χ1n) is 8.87. The van der Waals surface area contributed by atoms with E-state index in [9.17, 15) is 14.4 Å². The summed E-state index contributed by atoms with van der Waals surface area (Å²) >= 11 is 1.27. The molecule has 29 heavy (non-hydrogen) atoms. The van der Waals surface area contributed by atoms with Gasteiger partial charge in [-0.2, -0.15) is 0 Å². The summed E-state index contributed by atoms with van der Waals surface area (Å²) in [6.45, 7) is 0.949. The van der Waals surface area contributed by atoms with Crippen molar-refractivity contribution in [3.8, 4) is 0 Å². The van der Waals surface area contributed by atoms with Crippen molar-refractivity contribution in [1.29, 1.82) is 0 Å². The third-order valence-electron chi connectivity index (χ3n) is 3.84. The Morgan fingerprint density at radius 2 is 1.69 bits per heavy atom. The van der Waals surface area contributed by atoms with E-state index in [1.807, 2.05) is 0 Å². The van der Waals surface area contributed by atoms with Crippen LogP contribution in [0.25, 0.3) is 0 Å². The molecule has 8 heteroatoms. The highest BCUT2D eigenvalue weighted by Gasteiger charge is 2.14. The molecule has 0 heterocycles. The Hall–Kier alpha value is -2.84. The maximum Gasteiger partial charge on any atom is 0.339 e. The highest BCUT2D eigenvalue weighted by atomic mass is 32.2. The molecule has 0 bridgehead atoms. The molecule has 7 nitrogen and oxygen atoms in total. The van der Waals surface area contributed by atoms with E-state index in [-0.39, 0.29) is 18.3 Å². The first-order chi connectivity index (χ1) is 14.0. The van der Waals surface area contributed by atoms with Gasteiger partial charge in [-0.3, -0.25) is 4.79 Å². The number of rotatable bonds is 10. The number of carbonyl (C=O) groups excluding carboxylic acids is 3. The van der Waals surface area contributed by atoms with Crippen LogP contribution in [-0.2, 0) is 25.6 Å². The normalized spacial score (nSPS) is 10.3. The molecule has 0 spiro atoms. The molecule has 0 aliphatic rings. The summed E-state index contributed by atoms with van der Waals surface area (Å²) in [5.41, 5.74) is 1.56. The highest BCUT2D eigenvalue weighted by molar-refractivity contribution is 8.00. The van der Waals surface area contributed by atoms with Crippen molar-refractivity contribution in [2.75, 3.05) is 33.1 Å². The van der Waals surface area contributed by atoms with Gasteiger partial charge in [0.25, 0.3) is 0 Å². The maximum atomic E-state index is 12.5. The van der Waals surface area contributed by atoms with E-state index < -0.39 is 11.9 Å². The summed E-state index contributed by atoms with van der Waals surface area (Å²) < 4.78 is 14.9. The second-order valence-corrected chi connectivity index (χ2v) is 6.91. The van der Waals surface area contributed by atoms with Crippen molar-refractivity contribution in [1.82, 2.24) is 5.32 Å². The van der Waals surface area contributed by atoms with E-state index in [1.54, 1.807) is 55.6 Å². The van der Waals surface area contributed by atoms with Gasteiger partial charge in [0, 0.05) is 18.6 Å². The summed E-state index contributed by atoms with van der Waals surface area (Å²) in [7, 11) is 2.88. The fourth-order valence-corrected chi connectivity index (χ4v) is 3.20. The second-order valence-electron chi connectivity index (χ2n) is 5.89. The number of thioether (sulfide) groups is 1. The predicted molar refractivity (Wildman–Crippen MR) is 109 cm³/mol. The van der Waals surface area contributed by atoms with Crippen LogP contribution in [0, 0.1) is 0 Å². The lowest BCUT2D eigenvalue weighted by Crippen LogP contribution is -2.28. The number of methoxy groups -OCH3 is 2. The van der Waals surface area contributed by atoms with Gasteiger partial charge in [-0.25, -0.2) is 9.59 Å². The minimum atomic E-state index is -0.482. The Labute approximate surface area is 173 Å². The Balaban J connectivity index is 1.92. The largest absolute Gasteiger partial charge is 0.465 e. The lowest BCUT2D eigenvalue weighted by molar-refractivity contribution is -0.118. The molecule has 1 N–H and O–H groups in total. The predicted octanol–water partition coefficient (Wildman–Crippen LogP) is 2.68. The van der Waals surface area contributed by atoms with Gasteiger partial charge >= 0.3 is 11.9 Å². The third kappa shape index (κ3) is 7.24. The standard InChI is InChI=1S/C21H23NO6S/c1-26-12-11-22-19(23)14-29-18-6-4-3-5-17(18)21(25)28-13-15-7-9-16(10-8-15)20(24)27-2/h3-10H,11-14H2,1-2H3,(H,22,23). The number of benzene rings is 2. The molecule has 1 amide bonds. The van der Waals surface area contributed by atoms with E-state index in [4.69, 9.17) is 9.47 Å². The number of carbonyl (C=O) groups is 3. The van der Waals surface area contributed by atoms with Crippen molar-refractivity contribution < 1.29 is 28.6 Å². The summed E-state index contributed by atoms with van der Waals surface area (Å²) in [4.78, 5) is 36.5. The molecular formula is C21H23NO6S. The topological polar surface area (TPSA) is 90.9 Å². The first-order valence-corrected chi connectivity index (χ1v) is 9.85. The first kappa shape index (κ1) is 22.4. The van der Waals surface area contributed by atoms with E-state index in [0.717, 1.165) is 5.56 Å². The molecule has 0 aliphatic heterocycles. The van der Waals surface area contributed by atoms with Gasteiger partial charge in [0.15, 0.2) is 0 Å². The fourth-order valence-electron chi connectivity index (χ4n) is 2.33. The summed E-state index contributed by atoms with van der Waals surface area (Å²) in [6.07, 6.45) is 0. The molecular weight excluding hydrogens is 394 g/mol. The van der Waals surface area contributed by atoms with Crippen molar-refractivity contribution in [2.24, 2.45) is 0 Å². The molecule has 2 aromatic rings. The van der Waals surface area contributed by atoms with Crippen LogP contribution in [0.3, 0.4) is 0 Å². The van der Waals surface area contributed by atoms with Crippen LogP contribution in [0.2, 0.25) is 0 Å². The van der Waals surface area contributed by atoms with Gasteiger partial charge < -0.3 is 19.5 Å². The Morgan fingerprint density at radius 3 is 2.38 bits per heavy atom. The third-order valence-corrected chi connectivity index (χ3v) is 4.91. The lowest BCUT2D eigenvalue weighted by Gasteiger charge is -2.10. The molecule has 0 unspecified atom stereocenters. The van der Waals surface area contributed by atoms with Crippen LogP contribution in [0.4, 0.5) is 0 Å². The van der Waals surface area contributed by atoms with Crippen molar-refractivity contribution in [3.05, 3.63) is 65.2 Å². The number of ether oxygens (including phenoxy) is 3. The minimum Gasteiger partial charge on any atom is -0.465 e. The zero-order valence-electron chi connectivity index (χ0n) is 16.3. The number of hydrogen-bond acceptors (Lipinski definition) is 7. The zero-order valence-corrected chi connectivity index (χ0v) is 17.1. The van der Waals surface area contributed by atoms with Crippen LogP contribution in [-0.4, -0.2) is 51.0 Å².